The molecule has 1 amide bonds. The van der Waals surface area contributed by atoms with Gasteiger partial charge in [-0.05, 0) is 31.5 Å². The Morgan fingerprint density at radius 3 is 2.57 bits per heavy atom. The van der Waals surface area contributed by atoms with Crippen LogP contribution in [0.3, 0.4) is 0 Å². The van der Waals surface area contributed by atoms with Crippen LogP contribution in [0.25, 0.3) is 0 Å². The molecule has 4 atom stereocenters. The molecule has 21 heavy (non-hydrogen) atoms. The molecule has 0 saturated carbocycles. The summed E-state index contributed by atoms with van der Waals surface area (Å²) in [6, 6.07) is 3.86. The van der Waals surface area contributed by atoms with E-state index >= 15 is 0 Å². The highest BCUT2D eigenvalue weighted by atomic mass is 35.5. The lowest BCUT2D eigenvalue weighted by molar-refractivity contribution is -0.925. The molecule has 1 aromatic rings. The molecule has 1 aliphatic heterocycles. The van der Waals surface area contributed by atoms with Gasteiger partial charge in [0.25, 0.3) is 5.91 Å². The van der Waals surface area contributed by atoms with E-state index in [1.165, 1.54) is 29.5 Å². The maximum atomic E-state index is 13.0. The molecule has 0 radical (unpaired) electrons. The molecule has 116 valence electrons. The first-order chi connectivity index (χ1) is 9.86. The van der Waals surface area contributed by atoms with Gasteiger partial charge >= 0.3 is 0 Å². The normalized spacial score (nSPS) is 27.2. The van der Waals surface area contributed by atoms with Crippen LogP contribution < -0.4 is 10.2 Å². The lowest BCUT2D eigenvalue weighted by atomic mass is 9.91. The zero-order valence-electron chi connectivity index (χ0n) is 12.7. The third-order valence-electron chi connectivity index (χ3n) is 4.22. The quantitative estimate of drug-likeness (QED) is 0.882. The molecule has 2 rings (SSSR count). The fourth-order valence-electron chi connectivity index (χ4n) is 3.20. The van der Waals surface area contributed by atoms with Crippen LogP contribution in [-0.2, 0) is 4.79 Å². The first-order valence-corrected chi connectivity index (χ1v) is 7.85. The van der Waals surface area contributed by atoms with E-state index in [0.29, 0.717) is 17.5 Å². The van der Waals surface area contributed by atoms with Crippen molar-refractivity contribution < 1.29 is 14.1 Å². The first-order valence-electron chi connectivity index (χ1n) is 7.47. The molecule has 0 aromatic heterocycles. The number of carbonyl (C=O) groups excluding carboxylic acids is 1. The number of quaternary nitrogens is 1. The summed E-state index contributed by atoms with van der Waals surface area (Å²) < 4.78 is 13.0. The number of amides is 1. The Labute approximate surface area is 130 Å². The molecule has 0 aliphatic carbocycles. The fourth-order valence-corrected chi connectivity index (χ4v) is 3.42. The zero-order valence-corrected chi connectivity index (χ0v) is 13.5. The smallest absolute Gasteiger partial charge is 0.282 e. The Kier molecular flexibility index (Phi) is 5.22. The summed E-state index contributed by atoms with van der Waals surface area (Å²) >= 11 is 5.95. The van der Waals surface area contributed by atoms with E-state index in [1.807, 2.05) is 6.92 Å². The standard InChI is InChI=1S/C16H22ClFN2O/c1-10-6-11(2)9-20(8-10)12(3)16(21)19-15-5-4-13(18)7-14(15)17/h4-5,7,10-12H,6,8-9H2,1-3H3,(H,19,21)/p+1/t10-,11+,12-/m0/s1. The molecule has 0 spiro atoms. The van der Waals surface area contributed by atoms with Gasteiger partial charge in [0.1, 0.15) is 5.82 Å². The van der Waals surface area contributed by atoms with Gasteiger partial charge in [-0.3, -0.25) is 4.79 Å². The number of benzene rings is 1. The highest BCUT2D eigenvalue weighted by molar-refractivity contribution is 6.33. The van der Waals surface area contributed by atoms with Crippen LogP contribution in [0.2, 0.25) is 5.02 Å². The van der Waals surface area contributed by atoms with Crippen molar-refractivity contribution in [2.45, 2.75) is 33.2 Å². The summed E-state index contributed by atoms with van der Waals surface area (Å²) in [6.45, 7) is 8.42. The maximum Gasteiger partial charge on any atom is 0.282 e. The summed E-state index contributed by atoms with van der Waals surface area (Å²) in [7, 11) is 0. The van der Waals surface area contributed by atoms with Crippen molar-refractivity contribution in [1.29, 1.82) is 0 Å². The van der Waals surface area contributed by atoms with Gasteiger partial charge in [0.2, 0.25) is 0 Å². The van der Waals surface area contributed by atoms with Crippen LogP contribution in [0, 0.1) is 17.7 Å². The van der Waals surface area contributed by atoms with E-state index in [9.17, 15) is 9.18 Å². The van der Waals surface area contributed by atoms with Gasteiger partial charge in [-0.25, -0.2) is 4.39 Å². The van der Waals surface area contributed by atoms with E-state index < -0.39 is 5.82 Å². The number of anilines is 1. The fraction of sp³-hybridized carbons (Fsp3) is 0.562. The van der Waals surface area contributed by atoms with Crippen molar-refractivity contribution in [2.24, 2.45) is 11.8 Å². The van der Waals surface area contributed by atoms with Crippen LogP contribution >= 0.6 is 11.6 Å². The Morgan fingerprint density at radius 1 is 1.38 bits per heavy atom. The van der Waals surface area contributed by atoms with Crippen molar-refractivity contribution in [2.75, 3.05) is 18.4 Å². The summed E-state index contributed by atoms with van der Waals surface area (Å²) in [6.07, 6.45) is 1.22. The Hall–Kier alpha value is -1.13. The van der Waals surface area contributed by atoms with E-state index in [1.54, 1.807) is 0 Å². The van der Waals surface area contributed by atoms with Crippen molar-refractivity contribution >= 4 is 23.2 Å². The summed E-state index contributed by atoms with van der Waals surface area (Å²) in [4.78, 5) is 13.7. The van der Waals surface area contributed by atoms with Gasteiger partial charge in [-0.2, -0.15) is 0 Å². The van der Waals surface area contributed by atoms with Crippen molar-refractivity contribution in [3.8, 4) is 0 Å². The second-order valence-electron chi connectivity index (χ2n) is 6.35. The second kappa shape index (κ2) is 6.75. The molecular weight excluding hydrogens is 291 g/mol. The lowest BCUT2D eigenvalue weighted by Gasteiger charge is -2.35. The molecule has 5 heteroatoms. The van der Waals surface area contributed by atoms with E-state index in [-0.39, 0.29) is 17.0 Å². The number of halogens is 2. The third kappa shape index (κ3) is 4.17. The third-order valence-corrected chi connectivity index (χ3v) is 4.53. The Bertz CT molecular complexity index is 513. The molecule has 1 saturated heterocycles. The molecular formula is C16H23ClFN2O+. The minimum absolute atomic E-state index is 0.0696. The monoisotopic (exact) mass is 313 g/mol. The largest absolute Gasteiger partial charge is 0.324 e. The highest BCUT2D eigenvalue weighted by Gasteiger charge is 2.32. The number of piperidine rings is 1. The van der Waals surface area contributed by atoms with Gasteiger partial charge in [0, 0.05) is 11.8 Å². The van der Waals surface area contributed by atoms with Crippen molar-refractivity contribution in [3.05, 3.63) is 29.0 Å². The van der Waals surface area contributed by atoms with Crippen molar-refractivity contribution in [3.63, 3.8) is 0 Å². The minimum Gasteiger partial charge on any atom is -0.324 e. The number of rotatable bonds is 3. The topological polar surface area (TPSA) is 33.5 Å². The lowest BCUT2D eigenvalue weighted by Crippen LogP contribution is -3.18. The van der Waals surface area contributed by atoms with E-state index in [4.69, 9.17) is 11.6 Å². The van der Waals surface area contributed by atoms with Crippen LogP contribution in [0.1, 0.15) is 27.2 Å². The average molecular weight is 314 g/mol. The van der Waals surface area contributed by atoms with E-state index in [2.05, 4.69) is 19.2 Å². The Balaban J connectivity index is 2.02. The predicted octanol–water partition coefficient (Wildman–Crippen LogP) is 2.37. The number of carbonyl (C=O) groups is 1. The molecule has 1 aliphatic rings. The predicted molar refractivity (Wildman–Crippen MR) is 83.1 cm³/mol. The van der Waals surface area contributed by atoms with Gasteiger partial charge in [-0.1, -0.05) is 25.4 Å². The molecule has 3 nitrogen and oxygen atoms in total. The average Bonchev–Trinajstić information content (AvgIpc) is 2.40. The molecule has 0 bridgehead atoms. The van der Waals surface area contributed by atoms with Crippen molar-refractivity contribution in [1.82, 2.24) is 0 Å². The van der Waals surface area contributed by atoms with Gasteiger partial charge in [0.15, 0.2) is 6.04 Å². The summed E-state index contributed by atoms with van der Waals surface area (Å²) in [5.74, 6) is 0.789. The van der Waals surface area contributed by atoms with Gasteiger partial charge in [0.05, 0.1) is 23.8 Å². The number of hydrogen-bond donors (Lipinski definition) is 2. The number of nitrogens with one attached hydrogen (secondary N) is 2. The summed E-state index contributed by atoms with van der Waals surface area (Å²) in [5.41, 5.74) is 0.465. The number of hydrogen-bond acceptors (Lipinski definition) is 1. The SMILES string of the molecule is C[C@@H]1C[C@H](C)C[NH+]([C@@H](C)C(=O)Nc2ccc(F)cc2Cl)C1. The second-order valence-corrected chi connectivity index (χ2v) is 6.75. The zero-order chi connectivity index (χ0) is 15.6. The van der Waals surface area contributed by atoms with Crippen LogP contribution in [0.4, 0.5) is 10.1 Å². The highest BCUT2D eigenvalue weighted by Crippen LogP contribution is 2.22. The molecule has 1 aromatic carbocycles. The van der Waals surface area contributed by atoms with Crippen LogP contribution in [0.5, 0.6) is 0 Å². The first kappa shape index (κ1) is 16.2. The van der Waals surface area contributed by atoms with Crippen LogP contribution in [0.15, 0.2) is 18.2 Å². The van der Waals surface area contributed by atoms with Gasteiger partial charge < -0.3 is 10.2 Å². The molecule has 1 unspecified atom stereocenters. The minimum atomic E-state index is -0.407. The molecule has 1 heterocycles. The summed E-state index contributed by atoms with van der Waals surface area (Å²) in [5, 5.41) is 3.03. The Morgan fingerprint density at radius 2 is 2.00 bits per heavy atom. The molecule has 1 fully saturated rings. The number of likely N-dealkylation sites (tertiary alicyclic amines) is 1. The molecule has 2 N–H and O–H groups in total. The van der Waals surface area contributed by atoms with E-state index in [0.717, 1.165) is 13.1 Å². The maximum absolute atomic E-state index is 13.0. The van der Waals surface area contributed by atoms with Gasteiger partial charge in [-0.15, -0.1) is 0 Å². The van der Waals surface area contributed by atoms with Crippen LogP contribution in [-0.4, -0.2) is 25.0 Å².